The third kappa shape index (κ3) is 2.65. The SMILES string of the molecule is O=C1NC2(CCN(c3ncccn3)CC2)CC1c1ccncc1. The summed E-state index contributed by atoms with van der Waals surface area (Å²) in [4.78, 5) is 27.3. The van der Waals surface area contributed by atoms with E-state index in [-0.39, 0.29) is 17.4 Å². The molecule has 2 saturated heterocycles. The molecule has 4 rings (SSSR count). The molecule has 118 valence electrons. The zero-order chi connectivity index (χ0) is 15.7. The minimum absolute atomic E-state index is 0.0578. The average molecular weight is 309 g/mol. The summed E-state index contributed by atoms with van der Waals surface area (Å²) in [5, 5.41) is 3.26. The topological polar surface area (TPSA) is 71.0 Å². The van der Waals surface area contributed by atoms with E-state index in [0.29, 0.717) is 0 Å². The Morgan fingerprint density at radius 1 is 1.09 bits per heavy atom. The van der Waals surface area contributed by atoms with Crippen LogP contribution in [0.5, 0.6) is 0 Å². The van der Waals surface area contributed by atoms with Gasteiger partial charge in [-0.05, 0) is 43.0 Å². The Balaban J connectivity index is 1.47. The van der Waals surface area contributed by atoms with Crippen molar-refractivity contribution in [1.29, 1.82) is 0 Å². The molecule has 6 nitrogen and oxygen atoms in total. The fourth-order valence-electron chi connectivity index (χ4n) is 3.67. The van der Waals surface area contributed by atoms with Crippen molar-refractivity contribution in [3.8, 4) is 0 Å². The number of hydrogen-bond donors (Lipinski definition) is 1. The highest BCUT2D eigenvalue weighted by molar-refractivity contribution is 5.87. The summed E-state index contributed by atoms with van der Waals surface area (Å²) < 4.78 is 0. The Kier molecular flexibility index (Phi) is 3.44. The molecule has 1 amide bonds. The summed E-state index contributed by atoms with van der Waals surface area (Å²) in [5.41, 5.74) is 0.972. The van der Waals surface area contributed by atoms with Gasteiger partial charge in [0.2, 0.25) is 11.9 Å². The molecular weight excluding hydrogens is 290 g/mol. The van der Waals surface area contributed by atoms with Gasteiger partial charge in [-0.25, -0.2) is 9.97 Å². The molecule has 0 radical (unpaired) electrons. The van der Waals surface area contributed by atoms with Crippen molar-refractivity contribution in [2.24, 2.45) is 0 Å². The number of piperidine rings is 1. The highest BCUT2D eigenvalue weighted by atomic mass is 16.2. The zero-order valence-corrected chi connectivity index (χ0v) is 12.9. The Morgan fingerprint density at radius 3 is 2.48 bits per heavy atom. The van der Waals surface area contributed by atoms with Crippen molar-refractivity contribution in [1.82, 2.24) is 20.3 Å². The van der Waals surface area contributed by atoms with Crippen molar-refractivity contribution in [2.75, 3.05) is 18.0 Å². The van der Waals surface area contributed by atoms with Gasteiger partial charge in [0.25, 0.3) is 0 Å². The molecule has 2 aliphatic rings. The number of hydrogen-bond acceptors (Lipinski definition) is 5. The highest BCUT2D eigenvalue weighted by Gasteiger charge is 2.46. The summed E-state index contributed by atoms with van der Waals surface area (Å²) in [7, 11) is 0. The van der Waals surface area contributed by atoms with Crippen LogP contribution in [0.3, 0.4) is 0 Å². The fraction of sp³-hybridized carbons (Fsp3) is 0.412. The van der Waals surface area contributed by atoms with Crippen molar-refractivity contribution in [3.05, 3.63) is 48.5 Å². The number of carbonyl (C=O) groups is 1. The summed E-state index contributed by atoms with van der Waals surface area (Å²) in [6.07, 6.45) is 9.76. The van der Waals surface area contributed by atoms with Gasteiger partial charge in [0.05, 0.1) is 5.92 Å². The number of anilines is 1. The van der Waals surface area contributed by atoms with Crippen LogP contribution in [0.25, 0.3) is 0 Å². The monoisotopic (exact) mass is 309 g/mol. The summed E-state index contributed by atoms with van der Waals surface area (Å²) in [6.45, 7) is 1.74. The third-order valence-electron chi connectivity index (χ3n) is 4.96. The normalized spacial score (nSPS) is 23.0. The summed E-state index contributed by atoms with van der Waals surface area (Å²) in [6, 6.07) is 5.71. The summed E-state index contributed by atoms with van der Waals surface area (Å²) in [5.74, 6) is 0.857. The van der Waals surface area contributed by atoms with Gasteiger partial charge in [-0.1, -0.05) is 0 Å². The second kappa shape index (κ2) is 5.61. The lowest BCUT2D eigenvalue weighted by atomic mass is 9.82. The maximum Gasteiger partial charge on any atom is 0.228 e. The van der Waals surface area contributed by atoms with E-state index in [1.807, 2.05) is 18.2 Å². The van der Waals surface area contributed by atoms with Gasteiger partial charge in [-0.15, -0.1) is 0 Å². The van der Waals surface area contributed by atoms with Crippen LogP contribution in [0.1, 0.15) is 30.7 Å². The van der Waals surface area contributed by atoms with E-state index in [1.54, 1.807) is 24.8 Å². The zero-order valence-electron chi connectivity index (χ0n) is 12.9. The quantitative estimate of drug-likeness (QED) is 0.910. The van der Waals surface area contributed by atoms with E-state index in [0.717, 1.165) is 43.9 Å². The van der Waals surface area contributed by atoms with Gasteiger partial charge in [-0.3, -0.25) is 9.78 Å². The number of rotatable bonds is 2. The van der Waals surface area contributed by atoms with E-state index >= 15 is 0 Å². The Morgan fingerprint density at radius 2 is 1.78 bits per heavy atom. The van der Waals surface area contributed by atoms with Crippen LogP contribution in [-0.4, -0.2) is 39.5 Å². The number of carbonyl (C=O) groups excluding carboxylic acids is 1. The molecule has 1 unspecified atom stereocenters. The van der Waals surface area contributed by atoms with Crippen molar-refractivity contribution in [2.45, 2.75) is 30.7 Å². The third-order valence-corrected chi connectivity index (χ3v) is 4.96. The van der Waals surface area contributed by atoms with Gasteiger partial charge >= 0.3 is 0 Å². The number of nitrogens with zero attached hydrogens (tertiary/aromatic N) is 4. The van der Waals surface area contributed by atoms with Gasteiger partial charge in [0.15, 0.2) is 0 Å². The molecule has 0 aromatic carbocycles. The molecule has 2 aliphatic heterocycles. The van der Waals surface area contributed by atoms with E-state index in [2.05, 4.69) is 25.2 Å². The van der Waals surface area contributed by atoms with Crippen LogP contribution >= 0.6 is 0 Å². The minimum atomic E-state index is -0.0870. The first kappa shape index (κ1) is 14.1. The molecule has 2 aromatic rings. The fourth-order valence-corrected chi connectivity index (χ4v) is 3.67. The lowest BCUT2D eigenvalue weighted by molar-refractivity contribution is -0.121. The average Bonchev–Trinajstić information content (AvgIpc) is 2.93. The van der Waals surface area contributed by atoms with Crippen LogP contribution in [0.15, 0.2) is 43.0 Å². The first-order valence-electron chi connectivity index (χ1n) is 8.00. The molecule has 23 heavy (non-hydrogen) atoms. The number of pyridine rings is 1. The van der Waals surface area contributed by atoms with Crippen LogP contribution in [0.2, 0.25) is 0 Å². The lowest BCUT2D eigenvalue weighted by Gasteiger charge is -2.39. The first-order valence-corrected chi connectivity index (χ1v) is 8.00. The van der Waals surface area contributed by atoms with E-state index in [1.165, 1.54) is 0 Å². The Labute approximate surface area is 135 Å². The number of amides is 1. The molecule has 1 N–H and O–H groups in total. The van der Waals surface area contributed by atoms with Gasteiger partial charge < -0.3 is 10.2 Å². The van der Waals surface area contributed by atoms with Crippen molar-refractivity contribution < 1.29 is 4.79 Å². The number of nitrogens with one attached hydrogen (secondary N) is 1. The number of aromatic nitrogens is 3. The second-order valence-corrected chi connectivity index (χ2v) is 6.34. The molecule has 1 atom stereocenters. The first-order chi connectivity index (χ1) is 11.3. The van der Waals surface area contributed by atoms with E-state index in [4.69, 9.17) is 0 Å². The molecule has 4 heterocycles. The van der Waals surface area contributed by atoms with Crippen LogP contribution in [0.4, 0.5) is 5.95 Å². The van der Waals surface area contributed by atoms with Crippen molar-refractivity contribution >= 4 is 11.9 Å². The lowest BCUT2D eigenvalue weighted by Crippen LogP contribution is -2.51. The molecule has 0 saturated carbocycles. The molecule has 2 fully saturated rings. The van der Waals surface area contributed by atoms with Crippen LogP contribution < -0.4 is 10.2 Å². The molecule has 0 bridgehead atoms. The van der Waals surface area contributed by atoms with Crippen molar-refractivity contribution in [3.63, 3.8) is 0 Å². The highest BCUT2D eigenvalue weighted by Crippen LogP contribution is 2.39. The van der Waals surface area contributed by atoms with Crippen LogP contribution in [0, 0.1) is 0 Å². The standard InChI is InChI=1S/C17H19N5O/c23-15-14(13-2-8-18-9-3-13)12-17(21-15)4-10-22(11-5-17)16-19-6-1-7-20-16/h1-3,6-9,14H,4-5,10-12H2,(H,21,23). The van der Waals surface area contributed by atoms with Gasteiger partial charge in [-0.2, -0.15) is 0 Å². The Hall–Kier alpha value is -2.50. The Bertz CT molecular complexity index is 683. The van der Waals surface area contributed by atoms with Gasteiger partial charge in [0.1, 0.15) is 0 Å². The predicted molar refractivity (Wildman–Crippen MR) is 85.9 cm³/mol. The summed E-state index contributed by atoms with van der Waals surface area (Å²) >= 11 is 0. The van der Waals surface area contributed by atoms with E-state index in [9.17, 15) is 4.79 Å². The molecule has 2 aromatic heterocycles. The molecule has 0 aliphatic carbocycles. The largest absolute Gasteiger partial charge is 0.350 e. The molecular formula is C17H19N5O. The minimum Gasteiger partial charge on any atom is -0.350 e. The smallest absolute Gasteiger partial charge is 0.228 e. The second-order valence-electron chi connectivity index (χ2n) is 6.34. The van der Waals surface area contributed by atoms with Crippen LogP contribution in [-0.2, 0) is 4.79 Å². The maximum atomic E-state index is 12.4. The van der Waals surface area contributed by atoms with Gasteiger partial charge in [0, 0.05) is 43.4 Å². The molecule has 1 spiro atoms. The predicted octanol–water partition coefficient (Wildman–Crippen LogP) is 1.51. The van der Waals surface area contributed by atoms with E-state index < -0.39 is 0 Å². The maximum absolute atomic E-state index is 12.4. The molecule has 6 heteroatoms.